The standard InChI is InChI=1S/C22H28N4O4S/c1-15(2)31(29,30)25-13-11-17-18(14-25)23-20(24-21(17)27)19-10-6-7-12-26(19)22(28)16-8-4-3-5-9-16/h3-5,8-9,15,19H,6-7,10-14H2,1-2H3,(H,23,24,27). The minimum Gasteiger partial charge on any atom is -0.328 e. The zero-order valence-corrected chi connectivity index (χ0v) is 18.7. The molecule has 0 spiro atoms. The quantitative estimate of drug-likeness (QED) is 0.779. The summed E-state index contributed by atoms with van der Waals surface area (Å²) in [5, 5.41) is -0.534. The van der Waals surface area contributed by atoms with E-state index >= 15 is 0 Å². The molecule has 1 amide bonds. The van der Waals surface area contributed by atoms with Crippen molar-refractivity contribution in [3.8, 4) is 0 Å². The molecule has 3 heterocycles. The van der Waals surface area contributed by atoms with Crippen LogP contribution in [0.5, 0.6) is 0 Å². The molecule has 0 radical (unpaired) electrons. The summed E-state index contributed by atoms with van der Waals surface area (Å²) in [5.41, 5.74) is 1.39. The van der Waals surface area contributed by atoms with Crippen molar-refractivity contribution in [3.63, 3.8) is 0 Å². The van der Waals surface area contributed by atoms with Gasteiger partial charge >= 0.3 is 0 Å². The summed E-state index contributed by atoms with van der Waals surface area (Å²) >= 11 is 0. The maximum atomic E-state index is 13.1. The molecule has 2 aliphatic heterocycles. The van der Waals surface area contributed by atoms with Gasteiger partial charge in [0.2, 0.25) is 10.0 Å². The number of piperidine rings is 1. The molecule has 0 aliphatic carbocycles. The van der Waals surface area contributed by atoms with Crippen LogP contribution in [0.3, 0.4) is 0 Å². The van der Waals surface area contributed by atoms with Crippen LogP contribution in [-0.4, -0.2) is 51.8 Å². The molecule has 2 aromatic rings. The Morgan fingerprint density at radius 1 is 1.16 bits per heavy atom. The number of hydrogen-bond donors (Lipinski definition) is 1. The van der Waals surface area contributed by atoms with Crippen LogP contribution in [0.4, 0.5) is 0 Å². The van der Waals surface area contributed by atoms with Gasteiger partial charge in [0.15, 0.2) is 0 Å². The van der Waals surface area contributed by atoms with E-state index in [0.29, 0.717) is 42.0 Å². The average molecular weight is 445 g/mol. The number of carbonyl (C=O) groups is 1. The fourth-order valence-corrected chi connectivity index (χ4v) is 5.56. The molecule has 1 unspecified atom stereocenters. The van der Waals surface area contributed by atoms with Crippen molar-refractivity contribution in [2.75, 3.05) is 13.1 Å². The molecule has 1 aromatic carbocycles. The van der Waals surface area contributed by atoms with Gasteiger partial charge in [0.1, 0.15) is 5.82 Å². The first-order chi connectivity index (χ1) is 14.8. The minimum absolute atomic E-state index is 0.0883. The monoisotopic (exact) mass is 444 g/mol. The first-order valence-corrected chi connectivity index (χ1v) is 12.3. The third-order valence-electron chi connectivity index (χ3n) is 6.11. The van der Waals surface area contributed by atoms with Crippen LogP contribution in [0.2, 0.25) is 0 Å². The predicted molar refractivity (Wildman–Crippen MR) is 117 cm³/mol. The number of benzene rings is 1. The first kappa shape index (κ1) is 21.7. The Balaban J connectivity index is 1.67. The molecular weight excluding hydrogens is 416 g/mol. The Morgan fingerprint density at radius 3 is 2.61 bits per heavy atom. The molecule has 166 valence electrons. The van der Waals surface area contributed by atoms with Crippen LogP contribution in [0.1, 0.15) is 66.6 Å². The second kappa shape index (κ2) is 8.55. The molecule has 0 bridgehead atoms. The maximum absolute atomic E-state index is 13.1. The second-order valence-electron chi connectivity index (χ2n) is 8.43. The third kappa shape index (κ3) is 4.16. The van der Waals surface area contributed by atoms with Crippen molar-refractivity contribution >= 4 is 15.9 Å². The number of aromatic nitrogens is 2. The highest BCUT2D eigenvalue weighted by molar-refractivity contribution is 7.89. The number of likely N-dealkylation sites (tertiary alicyclic amines) is 1. The van der Waals surface area contributed by atoms with Gasteiger partial charge in [-0.3, -0.25) is 9.59 Å². The Bertz CT molecular complexity index is 1130. The number of amides is 1. The van der Waals surface area contributed by atoms with E-state index in [0.717, 1.165) is 12.8 Å². The maximum Gasteiger partial charge on any atom is 0.254 e. The van der Waals surface area contributed by atoms with Crippen molar-refractivity contribution in [1.82, 2.24) is 19.2 Å². The molecular formula is C22H28N4O4S. The van der Waals surface area contributed by atoms with Crippen LogP contribution in [-0.2, 0) is 23.0 Å². The van der Waals surface area contributed by atoms with Crippen molar-refractivity contribution in [3.05, 3.63) is 63.3 Å². The largest absolute Gasteiger partial charge is 0.328 e. The summed E-state index contributed by atoms with van der Waals surface area (Å²) in [6.07, 6.45) is 2.86. The van der Waals surface area contributed by atoms with Crippen LogP contribution >= 0.6 is 0 Å². The topological polar surface area (TPSA) is 103 Å². The Hall–Kier alpha value is -2.52. The van der Waals surface area contributed by atoms with E-state index in [-0.39, 0.29) is 30.6 Å². The van der Waals surface area contributed by atoms with E-state index in [9.17, 15) is 18.0 Å². The number of sulfonamides is 1. The van der Waals surface area contributed by atoms with Crippen LogP contribution in [0.15, 0.2) is 35.1 Å². The zero-order chi connectivity index (χ0) is 22.2. The summed E-state index contributed by atoms with van der Waals surface area (Å²) < 4.78 is 26.7. The van der Waals surface area contributed by atoms with Crippen molar-refractivity contribution in [1.29, 1.82) is 0 Å². The number of nitrogens with one attached hydrogen (secondary N) is 1. The predicted octanol–water partition coefficient (Wildman–Crippen LogP) is 2.23. The Labute approximate surface area is 182 Å². The average Bonchev–Trinajstić information content (AvgIpc) is 2.78. The molecule has 1 atom stereocenters. The third-order valence-corrected chi connectivity index (χ3v) is 8.34. The highest BCUT2D eigenvalue weighted by Gasteiger charge is 2.34. The fraction of sp³-hybridized carbons (Fsp3) is 0.500. The van der Waals surface area contributed by atoms with Gasteiger partial charge in [0, 0.05) is 24.2 Å². The molecule has 2 aliphatic rings. The summed E-state index contributed by atoms with van der Waals surface area (Å²) in [6.45, 7) is 4.26. The van der Waals surface area contributed by atoms with Crippen molar-refractivity contribution in [2.24, 2.45) is 0 Å². The summed E-state index contributed by atoms with van der Waals surface area (Å²) in [7, 11) is -3.44. The highest BCUT2D eigenvalue weighted by Crippen LogP contribution is 2.31. The van der Waals surface area contributed by atoms with Gasteiger partial charge in [-0.1, -0.05) is 18.2 Å². The van der Waals surface area contributed by atoms with Crippen LogP contribution in [0.25, 0.3) is 0 Å². The number of fused-ring (bicyclic) bond motifs is 1. The number of nitrogens with zero attached hydrogens (tertiary/aromatic N) is 3. The molecule has 1 saturated heterocycles. The summed E-state index contributed by atoms with van der Waals surface area (Å²) in [6, 6.07) is 8.75. The molecule has 9 heteroatoms. The molecule has 0 saturated carbocycles. The lowest BCUT2D eigenvalue weighted by molar-refractivity contribution is 0.0599. The lowest BCUT2D eigenvalue weighted by Gasteiger charge is -2.36. The highest BCUT2D eigenvalue weighted by atomic mass is 32.2. The van der Waals surface area contributed by atoms with E-state index in [1.807, 2.05) is 18.2 Å². The molecule has 1 N–H and O–H groups in total. The van der Waals surface area contributed by atoms with Gasteiger partial charge < -0.3 is 9.88 Å². The normalized spacial score (nSPS) is 20.0. The number of carbonyl (C=O) groups excluding carboxylic acids is 1. The van der Waals surface area contributed by atoms with Crippen molar-refractivity contribution < 1.29 is 13.2 Å². The number of aromatic amines is 1. The lowest BCUT2D eigenvalue weighted by atomic mass is 9.99. The smallest absolute Gasteiger partial charge is 0.254 e. The van der Waals surface area contributed by atoms with Gasteiger partial charge in [-0.05, 0) is 51.7 Å². The second-order valence-corrected chi connectivity index (χ2v) is 10.9. The van der Waals surface area contributed by atoms with E-state index in [1.54, 1.807) is 30.9 Å². The fourth-order valence-electron chi connectivity index (χ4n) is 4.31. The van der Waals surface area contributed by atoms with Crippen LogP contribution in [0, 0.1) is 0 Å². The van der Waals surface area contributed by atoms with Gasteiger partial charge in [-0.15, -0.1) is 0 Å². The molecule has 4 rings (SSSR count). The van der Waals surface area contributed by atoms with Gasteiger partial charge in [-0.25, -0.2) is 13.4 Å². The molecule has 1 aromatic heterocycles. The van der Waals surface area contributed by atoms with E-state index in [1.165, 1.54) is 4.31 Å². The van der Waals surface area contributed by atoms with E-state index < -0.39 is 15.3 Å². The Morgan fingerprint density at radius 2 is 1.90 bits per heavy atom. The number of hydrogen-bond acceptors (Lipinski definition) is 5. The van der Waals surface area contributed by atoms with E-state index in [2.05, 4.69) is 4.98 Å². The Kier molecular flexibility index (Phi) is 5.98. The lowest BCUT2D eigenvalue weighted by Crippen LogP contribution is -2.43. The molecule has 8 nitrogen and oxygen atoms in total. The molecule has 1 fully saturated rings. The van der Waals surface area contributed by atoms with Crippen molar-refractivity contribution in [2.45, 2.75) is 57.4 Å². The summed E-state index contributed by atoms with van der Waals surface area (Å²) in [5.74, 6) is 0.353. The SMILES string of the molecule is CC(C)S(=O)(=O)N1CCc2c(nc(C3CCCCN3C(=O)c3ccccc3)[nH]c2=O)C1. The molecule has 31 heavy (non-hydrogen) atoms. The minimum atomic E-state index is -3.44. The first-order valence-electron chi connectivity index (χ1n) is 10.8. The van der Waals surface area contributed by atoms with E-state index in [4.69, 9.17) is 4.98 Å². The number of rotatable bonds is 4. The van der Waals surface area contributed by atoms with Gasteiger partial charge in [-0.2, -0.15) is 4.31 Å². The van der Waals surface area contributed by atoms with Gasteiger partial charge in [0.05, 0.1) is 23.5 Å². The zero-order valence-electron chi connectivity index (χ0n) is 17.9. The number of H-pyrrole nitrogens is 1. The van der Waals surface area contributed by atoms with Crippen LogP contribution < -0.4 is 5.56 Å². The van der Waals surface area contributed by atoms with Gasteiger partial charge in [0.25, 0.3) is 11.5 Å². The summed E-state index contributed by atoms with van der Waals surface area (Å²) in [4.78, 5) is 35.3.